The summed E-state index contributed by atoms with van der Waals surface area (Å²) in [6.07, 6.45) is -0.245. The van der Waals surface area contributed by atoms with Crippen LogP contribution in [0.1, 0.15) is 17.2 Å². The van der Waals surface area contributed by atoms with Gasteiger partial charge in [0.2, 0.25) is 0 Å². The van der Waals surface area contributed by atoms with Gasteiger partial charge in [0.1, 0.15) is 18.1 Å². The van der Waals surface area contributed by atoms with Crippen molar-refractivity contribution in [2.24, 2.45) is 5.73 Å². The molecule has 0 saturated heterocycles. The molecule has 4 heteroatoms. The van der Waals surface area contributed by atoms with E-state index in [9.17, 15) is 0 Å². The van der Waals surface area contributed by atoms with E-state index in [0.29, 0.717) is 17.4 Å². The minimum Gasteiger partial charge on any atom is -0.489 e. The predicted molar refractivity (Wildman–Crippen MR) is 79.5 cm³/mol. The number of hydrogen-bond donors (Lipinski definition) is 1. The Bertz CT molecular complexity index is 630. The van der Waals surface area contributed by atoms with Crippen molar-refractivity contribution in [2.75, 3.05) is 6.61 Å². The standard InChI is InChI=1S/C16H16ClNO2/c1-10-6-7-14(12(17)8-10)20-15-9-19-13-5-3-2-4-11(13)16(15)18/h2-8,15-16H,9,18H2,1H3. The lowest BCUT2D eigenvalue weighted by molar-refractivity contribution is 0.0879. The quantitative estimate of drug-likeness (QED) is 0.920. The van der Waals surface area contributed by atoms with Crippen molar-refractivity contribution >= 4 is 11.6 Å². The molecule has 0 aliphatic carbocycles. The van der Waals surface area contributed by atoms with E-state index < -0.39 is 0 Å². The summed E-state index contributed by atoms with van der Waals surface area (Å²) in [6, 6.07) is 13.2. The largest absolute Gasteiger partial charge is 0.489 e. The molecule has 2 aromatic carbocycles. The van der Waals surface area contributed by atoms with Crippen molar-refractivity contribution in [3.8, 4) is 11.5 Å². The Morgan fingerprint density at radius 2 is 2.05 bits per heavy atom. The van der Waals surface area contributed by atoms with Crippen LogP contribution >= 0.6 is 11.6 Å². The molecule has 3 nitrogen and oxygen atoms in total. The average Bonchev–Trinajstić information content (AvgIpc) is 2.45. The van der Waals surface area contributed by atoms with E-state index in [4.69, 9.17) is 26.8 Å². The molecular weight excluding hydrogens is 274 g/mol. The zero-order chi connectivity index (χ0) is 14.1. The number of ether oxygens (including phenoxy) is 2. The zero-order valence-corrected chi connectivity index (χ0v) is 11.9. The Morgan fingerprint density at radius 1 is 1.25 bits per heavy atom. The number of fused-ring (bicyclic) bond motifs is 1. The third kappa shape index (κ3) is 2.47. The summed E-state index contributed by atoms with van der Waals surface area (Å²) in [4.78, 5) is 0. The molecule has 0 bridgehead atoms. The maximum absolute atomic E-state index is 6.27. The smallest absolute Gasteiger partial charge is 0.152 e. The highest BCUT2D eigenvalue weighted by molar-refractivity contribution is 6.32. The second-order valence-corrected chi connectivity index (χ2v) is 5.37. The van der Waals surface area contributed by atoms with E-state index >= 15 is 0 Å². The molecule has 1 aliphatic heterocycles. The number of halogens is 1. The topological polar surface area (TPSA) is 44.5 Å². The first-order valence-corrected chi connectivity index (χ1v) is 6.93. The Hall–Kier alpha value is -1.71. The molecule has 104 valence electrons. The Balaban J connectivity index is 1.83. The predicted octanol–water partition coefficient (Wildman–Crippen LogP) is 3.49. The molecular formula is C16H16ClNO2. The van der Waals surface area contributed by atoms with Gasteiger partial charge in [0.15, 0.2) is 6.10 Å². The van der Waals surface area contributed by atoms with Crippen LogP contribution in [-0.4, -0.2) is 12.7 Å². The van der Waals surface area contributed by atoms with Gasteiger partial charge in [-0.1, -0.05) is 35.9 Å². The molecule has 0 spiro atoms. The number of hydrogen-bond acceptors (Lipinski definition) is 3. The van der Waals surface area contributed by atoms with Gasteiger partial charge in [-0.15, -0.1) is 0 Å². The van der Waals surface area contributed by atoms with E-state index in [0.717, 1.165) is 16.9 Å². The molecule has 2 atom stereocenters. The van der Waals surface area contributed by atoms with E-state index in [1.165, 1.54) is 0 Å². The lowest BCUT2D eigenvalue weighted by atomic mass is 9.99. The Kier molecular flexibility index (Phi) is 3.55. The maximum atomic E-state index is 6.27. The number of aryl methyl sites for hydroxylation is 1. The summed E-state index contributed by atoms with van der Waals surface area (Å²) in [5.41, 5.74) is 8.33. The normalized spacial score (nSPS) is 20.9. The van der Waals surface area contributed by atoms with Crippen LogP contribution in [-0.2, 0) is 0 Å². The first-order chi connectivity index (χ1) is 9.65. The average molecular weight is 290 g/mol. The van der Waals surface area contributed by atoms with Gasteiger partial charge < -0.3 is 15.2 Å². The van der Waals surface area contributed by atoms with Crippen molar-refractivity contribution in [1.29, 1.82) is 0 Å². The van der Waals surface area contributed by atoms with Crippen molar-refractivity contribution < 1.29 is 9.47 Å². The van der Waals surface area contributed by atoms with Crippen LogP contribution in [0.25, 0.3) is 0 Å². The maximum Gasteiger partial charge on any atom is 0.152 e. The first-order valence-electron chi connectivity index (χ1n) is 6.55. The van der Waals surface area contributed by atoms with Gasteiger partial charge in [-0.05, 0) is 30.7 Å². The van der Waals surface area contributed by atoms with E-state index in [1.807, 2.05) is 49.4 Å². The van der Waals surface area contributed by atoms with Crippen LogP contribution < -0.4 is 15.2 Å². The summed E-state index contributed by atoms with van der Waals surface area (Å²) in [5.74, 6) is 1.47. The van der Waals surface area contributed by atoms with Crippen molar-refractivity contribution in [2.45, 2.75) is 19.1 Å². The van der Waals surface area contributed by atoms with Gasteiger partial charge in [-0.25, -0.2) is 0 Å². The van der Waals surface area contributed by atoms with Crippen LogP contribution in [0, 0.1) is 6.92 Å². The Labute approximate surface area is 123 Å². The molecule has 3 rings (SSSR count). The van der Waals surface area contributed by atoms with Crippen molar-refractivity contribution in [3.05, 3.63) is 58.6 Å². The SMILES string of the molecule is Cc1ccc(OC2COc3ccccc3C2N)c(Cl)c1. The molecule has 0 amide bonds. The van der Waals surface area contributed by atoms with Gasteiger partial charge in [0.05, 0.1) is 11.1 Å². The van der Waals surface area contributed by atoms with Gasteiger partial charge in [0.25, 0.3) is 0 Å². The molecule has 20 heavy (non-hydrogen) atoms. The van der Waals surface area contributed by atoms with E-state index in [-0.39, 0.29) is 12.1 Å². The second kappa shape index (κ2) is 5.35. The lowest BCUT2D eigenvalue weighted by Crippen LogP contribution is -2.40. The van der Waals surface area contributed by atoms with Crippen LogP contribution in [0.3, 0.4) is 0 Å². The highest BCUT2D eigenvalue weighted by atomic mass is 35.5. The fourth-order valence-corrected chi connectivity index (χ4v) is 2.61. The van der Waals surface area contributed by atoms with Crippen LogP contribution in [0.15, 0.2) is 42.5 Å². The third-order valence-corrected chi connectivity index (χ3v) is 3.74. The third-order valence-electron chi connectivity index (χ3n) is 3.45. The number of rotatable bonds is 2. The van der Waals surface area contributed by atoms with Crippen molar-refractivity contribution in [3.63, 3.8) is 0 Å². The minimum absolute atomic E-state index is 0.225. The second-order valence-electron chi connectivity index (χ2n) is 4.96. The number of nitrogens with two attached hydrogens (primary N) is 1. The molecule has 2 N–H and O–H groups in total. The zero-order valence-electron chi connectivity index (χ0n) is 11.2. The van der Waals surface area contributed by atoms with Crippen LogP contribution in [0.4, 0.5) is 0 Å². The summed E-state index contributed by atoms with van der Waals surface area (Å²) < 4.78 is 11.6. The van der Waals surface area contributed by atoms with Gasteiger partial charge in [-0.2, -0.15) is 0 Å². The molecule has 0 fully saturated rings. The van der Waals surface area contributed by atoms with E-state index in [1.54, 1.807) is 0 Å². The van der Waals surface area contributed by atoms with Gasteiger partial charge >= 0.3 is 0 Å². The van der Waals surface area contributed by atoms with Gasteiger partial charge in [0, 0.05) is 5.56 Å². The molecule has 0 aromatic heterocycles. The monoisotopic (exact) mass is 289 g/mol. The lowest BCUT2D eigenvalue weighted by Gasteiger charge is -2.31. The first kappa shape index (κ1) is 13.3. The molecule has 0 radical (unpaired) electrons. The van der Waals surface area contributed by atoms with Crippen molar-refractivity contribution in [1.82, 2.24) is 0 Å². The fourth-order valence-electron chi connectivity index (χ4n) is 2.34. The molecule has 1 aliphatic rings. The minimum atomic E-state index is -0.245. The number of benzene rings is 2. The molecule has 2 aromatic rings. The Morgan fingerprint density at radius 3 is 2.85 bits per heavy atom. The van der Waals surface area contributed by atoms with E-state index in [2.05, 4.69) is 0 Å². The van der Waals surface area contributed by atoms with Crippen LogP contribution in [0.5, 0.6) is 11.5 Å². The summed E-state index contributed by atoms with van der Waals surface area (Å²) in [5, 5.41) is 0.594. The van der Waals surface area contributed by atoms with Gasteiger partial charge in [-0.3, -0.25) is 0 Å². The fraction of sp³-hybridized carbons (Fsp3) is 0.250. The molecule has 2 unspecified atom stereocenters. The summed E-state index contributed by atoms with van der Waals surface area (Å²) >= 11 is 6.19. The summed E-state index contributed by atoms with van der Waals surface area (Å²) in [6.45, 7) is 2.41. The molecule has 0 saturated carbocycles. The summed E-state index contributed by atoms with van der Waals surface area (Å²) in [7, 11) is 0. The highest BCUT2D eigenvalue weighted by Crippen LogP contribution is 2.34. The van der Waals surface area contributed by atoms with Crippen LogP contribution in [0.2, 0.25) is 5.02 Å². The highest BCUT2D eigenvalue weighted by Gasteiger charge is 2.29. The number of para-hydroxylation sites is 1. The molecule has 1 heterocycles.